The van der Waals surface area contributed by atoms with E-state index >= 15 is 0 Å². The van der Waals surface area contributed by atoms with Crippen molar-refractivity contribution in [3.05, 3.63) is 35.4 Å². The highest BCUT2D eigenvalue weighted by Crippen LogP contribution is 2.13. The maximum absolute atomic E-state index is 12.7. The molecule has 0 spiro atoms. The summed E-state index contributed by atoms with van der Waals surface area (Å²) in [6.45, 7) is 7.60. The molecule has 0 aromatic heterocycles. The zero-order valence-electron chi connectivity index (χ0n) is 14.5. The molecule has 6 nitrogen and oxygen atoms in total. The molecule has 24 heavy (non-hydrogen) atoms. The van der Waals surface area contributed by atoms with Crippen LogP contribution in [0.5, 0.6) is 0 Å². The molecule has 134 valence electrons. The van der Waals surface area contributed by atoms with Gasteiger partial charge in [-0.05, 0) is 18.4 Å². The van der Waals surface area contributed by atoms with Crippen LogP contribution < -0.4 is 4.72 Å². The molecule has 1 aliphatic rings. The van der Waals surface area contributed by atoms with E-state index < -0.39 is 16.1 Å². The molecule has 1 atom stereocenters. The second-order valence-electron chi connectivity index (χ2n) is 6.53. The fraction of sp³-hybridized carbons (Fsp3) is 0.588. The van der Waals surface area contributed by atoms with Crippen LogP contribution in [0.1, 0.15) is 25.0 Å². The average Bonchev–Trinajstić information content (AvgIpc) is 2.52. The van der Waals surface area contributed by atoms with Crippen molar-refractivity contribution in [1.29, 1.82) is 0 Å². The van der Waals surface area contributed by atoms with Crippen LogP contribution in [0.2, 0.25) is 0 Å². The number of carbonyl (C=O) groups is 1. The van der Waals surface area contributed by atoms with Gasteiger partial charge in [-0.1, -0.05) is 43.7 Å². The predicted octanol–water partition coefficient (Wildman–Crippen LogP) is 1.30. The summed E-state index contributed by atoms with van der Waals surface area (Å²) in [4.78, 5) is 14.3. The first-order valence-corrected chi connectivity index (χ1v) is 9.86. The maximum atomic E-state index is 12.7. The Labute approximate surface area is 144 Å². The number of hydrogen-bond donors (Lipinski definition) is 1. The second-order valence-corrected chi connectivity index (χ2v) is 8.28. The van der Waals surface area contributed by atoms with Crippen molar-refractivity contribution in [1.82, 2.24) is 9.62 Å². The molecule has 1 aliphatic heterocycles. The molecule has 0 bridgehead atoms. The topological polar surface area (TPSA) is 75.7 Å². The van der Waals surface area contributed by atoms with Gasteiger partial charge in [-0.25, -0.2) is 13.1 Å². The highest BCUT2D eigenvalue weighted by molar-refractivity contribution is 7.88. The lowest BCUT2D eigenvalue weighted by atomic mass is 10.0. The van der Waals surface area contributed by atoms with Crippen LogP contribution in [0.25, 0.3) is 0 Å². The summed E-state index contributed by atoms with van der Waals surface area (Å²) in [7, 11) is -3.61. The number of nitrogens with zero attached hydrogens (tertiary/aromatic N) is 1. The third kappa shape index (κ3) is 5.29. The van der Waals surface area contributed by atoms with E-state index in [0.29, 0.717) is 31.9 Å². The van der Waals surface area contributed by atoms with Gasteiger partial charge in [-0.15, -0.1) is 0 Å². The number of morpholine rings is 1. The SMILES string of the molecule is Cc1cccc(CS(=O)(=O)N[C@H](C(=O)N2CCOCC2)C(C)C)c1. The molecule has 7 heteroatoms. The van der Waals surface area contributed by atoms with Crippen molar-refractivity contribution in [2.45, 2.75) is 32.6 Å². The van der Waals surface area contributed by atoms with Gasteiger partial charge in [0.25, 0.3) is 0 Å². The minimum Gasteiger partial charge on any atom is -0.378 e. The fourth-order valence-corrected chi connectivity index (χ4v) is 4.17. The first-order chi connectivity index (χ1) is 11.3. The Morgan fingerprint density at radius 1 is 1.29 bits per heavy atom. The Morgan fingerprint density at radius 3 is 2.54 bits per heavy atom. The summed E-state index contributed by atoms with van der Waals surface area (Å²) < 4.78 is 32.9. The standard InChI is InChI=1S/C17H26N2O4S/c1-13(2)16(17(20)19-7-9-23-10-8-19)18-24(21,22)12-15-6-4-5-14(3)11-15/h4-6,11,13,16,18H,7-10,12H2,1-3H3/t16-/m0/s1. The number of nitrogens with one attached hydrogen (secondary N) is 1. The lowest BCUT2D eigenvalue weighted by Crippen LogP contribution is -2.53. The Hall–Kier alpha value is -1.44. The zero-order chi connectivity index (χ0) is 17.7. The van der Waals surface area contributed by atoms with Crippen LogP contribution in [0, 0.1) is 12.8 Å². The van der Waals surface area contributed by atoms with Crippen LogP contribution in [-0.4, -0.2) is 51.6 Å². The fourth-order valence-electron chi connectivity index (χ4n) is 2.71. The molecule has 1 amide bonds. The van der Waals surface area contributed by atoms with Gasteiger partial charge in [0.15, 0.2) is 0 Å². The van der Waals surface area contributed by atoms with E-state index in [9.17, 15) is 13.2 Å². The molecule has 0 aliphatic carbocycles. The first-order valence-electron chi connectivity index (χ1n) is 8.20. The van der Waals surface area contributed by atoms with Crippen molar-refractivity contribution in [2.24, 2.45) is 5.92 Å². The number of rotatable bonds is 6. The minimum atomic E-state index is -3.61. The van der Waals surface area contributed by atoms with Crippen LogP contribution in [-0.2, 0) is 25.3 Å². The number of carbonyl (C=O) groups excluding carboxylic acids is 1. The molecule has 1 aromatic carbocycles. The van der Waals surface area contributed by atoms with Crippen molar-refractivity contribution >= 4 is 15.9 Å². The normalized spacial score (nSPS) is 17.1. The van der Waals surface area contributed by atoms with Gasteiger partial charge in [0, 0.05) is 13.1 Å². The van der Waals surface area contributed by atoms with Crippen molar-refractivity contribution in [3.63, 3.8) is 0 Å². The van der Waals surface area contributed by atoms with Gasteiger partial charge in [0.05, 0.1) is 19.0 Å². The van der Waals surface area contributed by atoms with E-state index in [1.165, 1.54) is 0 Å². The number of benzene rings is 1. The molecule has 1 aromatic rings. The summed E-state index contributed by atoms with van der Waals surface area (Å²) in [5.41, 5.74) is 1.72. The average molecular weight is 354 g/mol. The van der Waals surface area contributed by atoms with Crippen LogP contribution in [0.3, 0.4) is 0 Å². The summed E-state index contributed by atoms with van der Waals surface area (Å²) in [6.07, 6.45) is 0. The number of ether oxygens (including phenoxy) is 1. The van der Waals surface area contributed by atoms with E-state index in [0.717, 1.165) is 5.56 Å². The predicted molar refractivity (Wildman–Crippen MR) is 93.0 cm³/mol. The highest BCUT2D eigenvalue weighted by atomic mass is 32.2. The molecule has 0 unspecified atom stereocenters. The summed E-state index contributed by atoms with van der Waals surface area (Å²) >= 11 is 0. The second kappa shape index (κ2) is 8.09. The van der Waals surface area contributed by atoms with Gasteiger partial charge in [-0.3, -0.25) is 4.79 Å². The van der Waals surface area contributed by atoms with E-state index in [1.54, 1.807) is 11.0 Å². The van der Waals surface area contributed by atoms with Gasteiger partial charge >= 0.3 is 0 Å². The number of hydrogen-bond acceptors (Lipinski definition) is 4. The molecule has 2 rings (SSSR count). The summed E-state index contributed by atoms with van der Waals surface area (Å²) in [6, 6.07) is 6.62. The van der Waals surface area contributed by atoms with Crippen LogP contribution in [0.15, 0.2) is 24.3 Å². The van der Waals surface area contributed by atoms with E-state index in [-0.39, 0.29) is 17.6 Å². The Morgan fingerprint density at radius 2 is 1.96 bits per heavy atom. The van der Waals surface area contributed by atoms with E-state index in [1.807, 2.05) is 39.0 Å². The molecule has 1 saturated heterocycles. The summed E-state index contributed by atoms with van der Waals surface area (Å²) in [5, 5.41) is 0. The molecule has 0 saturated carbocycles. The largest absolute Gasteiger partial charge is 0.378 e. The van der Waals surface area contributed by atoms with E-state index in [2.05, 4.69) is 4.72 Å². The molecule has 1 N–H and O–H groups in total. The zero-order valence-corrected chi connectivity index (χ0v) is 15.3. The molecular weight excluding hydrogens is 328 g/mol. The van der Waals surface area contributed by atoms with E-state index in [4.69, 9.17) is 4.74 Å². The highest BCUT2D eigenvalue weighted by Gasteiger charge is 2.31. The lowest BCUT2D eigenvalue weighted by Gasteiger charge is -2.32. The quantitative estimate of drug-likeness (QED) is 0.835. The Balaban J connectivity index is 2.09. The maximum Gasteiger partial charge on any atom is 0.241 e. The smallest absolute Gasteiger partial charge is 0.241 e. The third-order valence-corrected chi connectivity index (χ3v) is 5.33. The first kappa shape index (κ1) is 18.9. The van der Waals surface area contributed by atoms with Gasteiger partial charge in [-0.2, -0.15) is 0 Å². The molecule has 1 fully saturated rings. The number of aryl methyl sites for hydroxylation is 1. The number of sulfonamides is 1. The monoisotopic (exact) mass is 354 g/mol. The molecular formula is C17H26N2O4S. The summed E-state index contributed by atoms with van der Waals surface area (Å²) in [5.74, 6) is -0.442. The van der Waals surface area contributed by atoms with Crippen LogP contribution >= 0.6 is 0 Å². The number of amides is 1. The molecule has 1 heterocycles. The lowest BCUT2D eigenvalue weighted by molar-refractivity contribution is -0.138. The van der Waals surface area contributed by atoms with Crippen LogP contribution in [0.4, 0.5) is 0 Å². The van der Waals surface area contributed by atoms with Gasteiger partial charge in [0.2, 0.25) is 15.9 Å². The van der Waals surface area contributed by atoms with Crippen molar-refractivity contribution in [2.75, 3.05) is 26.3 Å². The van der Waals surface area contributed by atoms with Crippen molar-refractivity contribution < 1.29 is 17.9 Å². The van der Waals surface area contributed by atoms with Crippen molar-refractivity contribution in [3.8, 4) is 0 Å². The minimum absolute atomic E-state index is 0.131. The van der Waals surface area contributed by atoms with Gasteiger partial charge < -0.3 is 9.64 Å². The molecule has 0 radical (unpaired) electrons. The Kier molecular flexibility index (Phi) is 6.37. The third-order valence-electron chi connectivity index (χ3n) is 4.00. The Bertz CT molecular complexity index is 667. The van der Waals surface area contributed by atoms with Gasteiger partial charge in [0.1, 0.15) is 6.04 Å².